The molecule has 1 atom stereocenters. The topological polar surface area (TPSA) is 88.5 Å². The Balaban J connectivity index is 2.18. The minimum absolute atomic E-state index is 0.0279. The molecule has 1 aromatic rings. The standard InChI is InChI=1S/C10H7N3O3/c11-6-9-5-10(12-16-9)7-1-3-8(4-2-7)13(14)15/h1-4,9H,5H2. The first-order chi connectivity index (χ1) is 7.70. The van der Waals surface area contributed by atoms with E-state index in [1.807, 2.05) is 6.07 Å². The molecular weight excluding hydrogens is 210 g/mol. The number of benzene rings is 1. The van der Waals surface area contributed by atoms with E-state index in [1.54, 1.807) is 12.1 Å². The van der Waals surface area contributed by atoms with Gasteiger partial charge in [-0.15, -0.1) is 0 Å². The number of hydrogen-bond acceptors (Lipinski definition) is 5. The van der Waals surface area contributed by atoms with E-state index in [-0.39, 0.29) is 5.69 Å². The predicted molar refractivity (Wildman–Crippen MR) is 54.7 cm³/mol. The zero-order chi connectivity index (χ0) is 11.5. The smallest absolute Gasteiger partial charge is 0.269 e. The van der Waals surface area contributed by atoms with E-state index in [0.717, 1.165) is 5.56 Å². The minimum atomic E-state index is -0.551. The van der Waals surface area contributed by atoms with Crippen molar-refractivity contribution in [2.24, 2.45) is 5.16 Å². The van der Waals surface area contributed by atoms with Crippen molar-refractivity contribution in [1.29, 1.82) is 5.26 Å². The molecule has 0 radical (unpaired) electrons. The first kappa shape index (κ1) is 10.1. The van der Waals surface area contributed by atoms with Gasteiger partial charge >= 0.3 is 0 Å². The van der Waals surface area contributed by atoms with E-state index in [4.69, 9.17) is 10.1 Å². The Bertz CT molecular complexity index is 487. The highest BCUT2D eigenvalue weighted by Crippen LogP contribution is 2.18. The fraction of sp³-hybridized carbons (Fsp3) is 0.200. The van der Waals surface area contributed by atoms with Crippen molar-refractivity contribution < 1.29 is 9.76 Å². The van der Waals surface area contributed by atoms with Crippen molar-refractivity contribution in [2.45, 2.75) is 12.5 Å². The van der Waals surface area contributed by atoms with Gasteiger partial charge in [0.25, 0.3) is 5.69 Å². The van der Waals surface area contributed by atoms with Crippen LogP contribution in [0.15, 0.2) is 29.4 Å². The van der Waals surface area contributed by atoms with Gasteiger partial charge in [0.1, 0.15) is 6.07 Å². The third kappa shape index (κ3) is 1.83. The number of nitro benzene ring substituents is 1. The molecule has 16 heavy (non-hydrogen) atoms. The molecule has 2 rings (SSSR count). The van der Waals surface area contributed by atoms with Gasteiger partial charge in [-0.1, -0.05) is 5.16 Å². The Morgan fingerprint density at radius 2 is 2.19 bits per heavy atom. The van der Waals surface area contributed by atoms with Crippen LogP contribution >= 0.6 is 0 Å². The van der Waals surface area contributed by atoms with E-state index >= 15 is 0 Å². The quantitative estimate of drug-likeness (QED) is 0.556. The van der Waals surface area contributed by atoms with E-state index < -0.39 is 11.0 Å². The molecule has 6 heteroatoms. The summed E-state index contributed by atoms with van der Waals surface area (Å²) in [5, 5.41) is 22.8. The number of hydrogen-bond donors (Lipinski definition) is 0. The van der Waals surface area contributed by atoms with Crippen molar-refractivity contribution in [3.8, 4) is 6.07 Å². The minimum Gasteiger partial charge on any atom is -0.376 e. The Kier molecular flexibility index (Phi) is 2.52. The number of rotatable bonds is 2. The average Bonchev–Trinajstić information content (AvgIpc) is 2.77. The third-order valence-electron chi connectivity index (χ3n) is 2.22. The van der Waals surface area contributed by atoms with Gasteiger partial charge in [-0.05, 0) is 17.7 Å². The maximum Gasteiger partial charge on any atom is 0.269 e. The Morgan fingerprint density at radius 1 is 1.50 bits per heavy atom. The molecule has 1 heterocycles. The molecule has 1 aliphatic heterocycles. The molecule has 0 fully saturated rings. The molecule has 6 nitrogen and oxygen atoms in total. The largest absolute Gasteiger partial charge is 0.376 e. The third-order valence-corrected chi connectivity index (χ3v) is 2.22. The number of nitriles is 1. The summed E-state index contributed by atoms with van der Waals surface area (Å²) < 4.78 is 0. The fourth-order valence-corrected chi connectivity index (χ4v) is 1.39. The molecule has 0 aliphatic carbocycles. The highest BCUT2D eigenvalue weighted by atomic mass is 16.6. The van der Waals surface area contributed by atoms with Gasteiger partial charge in [-0.3, -0.25) is 10.1 Å². The van der Waals surface area contributed by atoms with Gasteiger partial charge in [-0.25, -0.2) is 0 Å². The molecule has 0 bridgehead atoms. The van der Waals surface area contributed by atoms with Crippen molar-refractivity contribution in [3.05, 3.63) is 39.9 Å². The molecule has 80 valence electrons. The van der Waals surface area contributed by atoms with E-state index in [2.05, 4.69) is 5.16 Å². The summed E-state index contributed by atoms with van der Waals surface area (Å²) >= 11 is 0. The van der Waals surface area contributed by atoms with Gasteiger partial charge < -0.3 is 4.84 Å². The lowest BCUT2D eigenvalue weighted by Gasteiger charge is -1.97. The Morgan fingerprint density at radius 3 is 2.69 bits per heavy atom. The van der Waals surface area contributed by atoms with Crippen LogP contribution in [0.25, 0.3) is 0 Å². The van der Waals surface area contributed by atoms with E-state index in [9.17, 15) is 10.1 Å². The average molecular weight is 217 g/mol. The van der Waals surface area contributed by atoms with Crippen LogP contribution in [0.2, 0.25) is 0 Å². The molecule has 1 aromatic carbocycles. The summed E-state index contributed by atoms with van der Waals surface area (Å²) in [6, 6.07) is 7.94. The maximum absolute atomic E-state index is 10.4. The van der Waals surface area contributed by atoms with Gasteiger partial charge in [0.15, 0.2) is 0 Å². The molecule has 0 aromatic heterocycles. The second-order valence-electron chi connectivity index (χ2n) is 3.27. The zero-order valence-electron chi connectivity index (χ0n) is 8.16. The summed E-state index contributed by atoms with van der Waals surface area (Å²) in [5.74, 6) is 0. The molecule has 0 saturated carbocycles. The summed E-state index contributed by atoms with van der Waals surface area (Å²) in [5.41, 5.74) is 1.41. The van der Waals surface area contributed by atoms with Crippen LogP contribution in [0.5, 0.6) is 0 Å². The second kappa shape index (κ2) is 3.98. The maximum atomic E-state index is 10.4. The lowest BCUT2D eigenvalue weighted by Crippen LogP contribution is -2.05. The van der Waals surface area contributed by atoms with Crippen molar-refractivity contribution in [3.63, 3.8) is 0 Å². The van der Waals surface area contributed by atoms with Crippen LogP contribution in [0, 0.1) is 21.4 Å². The lowest BCUT2D eigenvalue weighted by atomic mass is 10.1. The zero-order valence-corrected chi connectivity index (χ0v) is 8.16. The van der Waals surface area contributed by atoms with Crippen molar-refractivity contribution in [1.82, 2.24) is 0 Å². The number of nitrogens with zero attached hydrogens (tertiary/aromatic N) is 3. The summed E-state index contributed by atoms with van der Waals surface area (Å²) in [6.07, 6.45) is -0.140. The molecule has 0 spiro atoms. The SMILES string of the molecule is N#CC1CC(c2ccc([N+](=O)[O-])cc2)=NO1. The Labute approximate surface area is 90.9 Å². The molecular formula is C10H7N3O3. The summed E-state index contributed by atoms with van der Waals surface area (Å²) in [4.78, 5) is 14.8. The summed E-state index contributed by atoms with van der Waals surface area (Å²) in [7, 11) is 0. The van der Waals surface area contributed by atoms with E-state index in [1.165, 1.54) is 12.1 Å². The van der Waals surface area contributed by atoms with Crippen LogP contribution in [0.1, 0.15) is 12.0 Å². The fourth-order valence-electron chi connectivity index (χ4n) is 1.39. The normalized spacial score (nSPS) is 18.4. The van der Waals surface area contributed by atoms with Crippen LogP contribution < -0.4 is 0 Å². The summed E-state index contributed by atoms with van der Waals surface area (Å²) in [6.45, 7) is 0. The Hall–Kier alpha value is -2.42. The second-order valence-corrected chi connectivity index (χ2v) is 3.27. The molecule has 0 saturated heterocycles. The predicted octanol–water partition coefficient (Wildman–Crippen LogP) is 1.61. The van der Waals surface area contributed by atoms with Crippen molar-refractivity contribution >= 4 is 11.4 Å². The number of oxime groups is 1. The number of nitro groups is 1. The first-order valence-electron chi connectivity index (χ1n) is 4.58. The monoisotopic (exact) mass is 217 g/mol. The van der Waals surface area contributed by atoms with Gasteiger partial charge in [-0.2, -0.15) is 5.26 Å². The highest BCUT2D eigenvalue weighted by Gasteiger charge is 2.21. The van der Waals surface area contributed by atoms with Crippen LogP contribution in [0.3, 0.4) is 0 Å². The van der Waals surface area contributed by atoms with Crippen molar-refractivity contribution in [2.75, 3.05) is 0 Å². The first-order valence-corrected chi connectivity index (χ1v) is 4.58. The lowest BCUT2D eigenvalue weighted by molar-refractivity contribution is -0.384. The molecule has 1 unspecified atom stereocenters. The molecule has 0 amide bonds. The van der Waals surface area contributed by atoms with Crippen LogP contribution in [-0.2, 0) is 4.84 Å². The van der Waals surface area contributed by atoms with Gasteiger partial charge in [0.2, 0.25) is 6.10 Å². The van der Waals surface area contributed by atoms with Crippen LogP contribution in [0.4, 0.5) is 5.69 Å². The highest BCUT2D eigenvalue weighted by molar-refractivity contribution is 6.01. The number of non-ortho nitro benzene ring substituents is 1. The van der Waals surface area contributed by atoms with Crippen LogP contribution in [-0.4, -0.2) is 16.7 Å². The molecule has 1 aliphatic rings. The molecule has 0 N–H and O–H groups in total. The van der Waals surface area contributed by atoms with Gasteiger partial charge in [0.05, 0.1) is 10.6 Å². The van der Waals surface area contributed by atoms with Gasteiger partial charge in [0, 0.05) is 18.6 Å². The van der Waals surface area contributed by atoms with E-state index in [0.29, 0.717) is 12.1 Å².